The number of nitrogens with zero attached hydrogens (tertiary/aromatic N) is 1. The molecule has 0 atom stereocenters. The number of rotatable bonds is 7. The predicted octanol–water partition coefficient (Wildman–Crippen LogP) is 4.13. The lowest BCUT2D eigenvalue weighted by atomic mass is 9.75. The lowest BCUT2D eigenvalue weighted by Gasteiger charge is -2.30. The number of fused-ring (bicyclic) bond motifs is 1. The van der Waals surface area contributed by atoms with Crippen LogP contribution in [0.4, 0.5) is 5.69 Å². The molecule has 1 aliphatic carbocycles. The number of para-hydroxylation sites is 1. The van der Waals surface area contributed by atoms with Gasteiger partial charge in [-0.25, -0.2) is 8.42 Å². The highest BCUT2D eigenvalue weighted by Gasteiger charge is 2.37. The van der Waals surface area contributed by atoms with E-state index in [1.807, 2.05) is 13.8 Å². The summed E-state index contributed by atoms with van der Waals surface area (Å²) in [6, 6.07) is 12.2. The second-order valence-corrected chi connectivity index (χ2v) is 11.4. The highest BCUT2D eigenvalue weighted by Crippen LogP contribution is 2.40. The van der Waals surface area contributed by atoms with Crippen LogP contribution in [-0.2, 0) is 34.2 Å². The number of carbonyl (C=O) groups is 2. The molecule has 0 fully saturated rings. The van der Waals surface area contributed by atoms with Crippen molar-refractivity contribution in [3.8, 4) is 5.75 Å². The minimum Gasteiger partial charge on any atom is -0.508 e. The third kappa shape index (κ3) is 4.95. The molecule has 1 heterocycles. The summed E-state index contributed by atoms with van der Waals surface area (Å²) in [7, 11) is -3.92. The molecule has 9 heteroatoms. The summed E-state index contributed by atoms with van der Waals surface area (Å²) < 4.78 is 30.2. The first kappa shape index (κ1) is 24.5. The van der Waals surface area contributed by atoms with Crippen LogP contribution in [0.5, 0.6) is 5.75 Å². The van der Waals surface area contributed by atoms with E-state index in [9.17, 15) is 28.2 Å². The number of anilines is 1. The lowest BCUT2D eigenvalue weighted by Crippen LogP contribution is -2.29. The van der Waals surface area contributed by atoms with E-state index in [1.165, 1.54) is 24.3 Å². The summed E-state index contributed by atoms with van der Waals surface area (Å²) >= 11 is 0. The normalized spacial score (nSPS) is 15.0. The molecule has 0 bridgehead atoms. The predicted molar refractivity (Wildman–Crippen MR) is 131 cm³/mol. The van der Waals surface area contributed by atoms with Crippen molar-refractivity contribution in [2.45, 2.75) is 51.5 Å². The summed E-state index contributed by atoms with van der Waals surface area (Å²) in [5.74, 6) is -1.06. The highest BCUT2D eigenvalue weighted by atomic mass is 32.2. The van der Waals surface area contributed by atoms with Crippen molar-refractivity contribution in [1.29, 1.82) is 0 Å². The summed E-state index contributed by atoms with van der Waals surface area (Å²) in [6.45, 7) is 5.55. The average Bonchev–Trinajstić information content (AvgIpc) is 2.99. The second kappa shape index (κ2) is 8.88. The molecular weight excluding hydrogens is 468 g/mol. The van der Waals surface area contributed by atoms with E-state index >= 15 is 0 Å². The third-order valence-corrected chi connectivity index (χ3v) is 7.77. The van der Waals surface area contributed by atoms with Crippen LogP contribution < -0.4 is 4.72 Å². The van der Waals surface area contributed by atoms with Gasteiger partial charge in [0.2, 0.25) is 0 Å². The van der Waals surface area contributed by atoms with Crippen molar-refractivity contribution in [1.82, 2.24) is 4.57 Å². The van der Waals surface area contributed by atoms with E-state index in [4.69, 9.17) is 0 Å². The number of nitrogens with one attached hydrogen (secondary N) is 1. The number of aromatic hydroxyl groups is 1. The van der Waals surface area contributed by atoms with Gasteiger partial charge in [-0.1, -0.05) is 32.0 Å². The number of aromatic nitrogens is 1. The average molecular weight is 497 g/mol. The van der Waals surface area contributed by atoms with E-state index in [0.717, 1.165) is 11.3 Å². The largest absolute Gasteiger partial charge is 0.508 e. The fraction of sp³-hybridized carbons (Fsp3) is 0.308. The SMILES string of the molecule is Cc1c(Cc2ccccc2NS(=O)(=O)c2ccc(O)cc2)c2c(n1CC(=O)O)CC(C)(C)CC2=O. The first-order valence-corrected chi connectivity index (χ1v) is 12.7. The smallest absolute Gasteiger partial charge is 0.323 e. The maximum Gasteiger partial charge on any atom is 0.323 e. The maximum atomic E-state index is 13.2. The van der Waals surface area contributed by atoms with Gasteiger partial charge in [0.25, 0.3) is 10.0 Å². The standard InChI is InChI=1S/C26H28N2O6S/c1-16-20(25-22(28(16)15-24(31)32)13-26(2,3)14-23(25)30)12-17-6-4-5-7-21(17)27-35(33,34)19-10-8-18(29)9-11-19/h4-11,27,29H,12-15H2,1-3H3,(H,31,32). The van der Waals surface area contributed by atoms with Gasteiger partial charge in [-0.05, 0) is 60.2 Å². The first-order chi connectivity index (χ1) is 16.4. The summed E-state index contributed by atoms with van der Waals surface area (Å²) in [5.41, 5.74) is 3.44. The van der Waals surface area contributed by atoms with Crippen LogP contribution in [0.15, 0.2) is 53.4 Å². The molecule has 0 saturated carbocycles. The number of phenols is 1. The van der Waals surface area contributed by atoms with E-state index in [1.54, 1.807) is 35.8 Å². The number of benzene rings is 2. The zero-order chi connectivity index (χ0) is 25.5. The number of carboxylic acids is 1. The van der Waals surface area contributed by atoms with Gasteiger partial charge >= 0.3 is 5.97 Å². The zero-order valence-electron chi connectivity index (χ0n) is 19.8. The van der Waals surface area contributed by atoms with Crippen LogP contribution in [0.3, 0.4) is 0 Å². The molecule has 3 N–H and O–H groups in total. The van der Waals surface area contributed by atoms with Crippen LogP contribution >= 0.6 is 0 Å². The number of ketones is 1. The van der Waals surface area contributed by atoms with Gasteiger partial charge in [-0.3, -0.25) is 14.3 Å². The third-order valence-electron chi connectivity index (χ3n) is 6.39. The van der Waals surface area contributed by atoms with Crippen molar-refractivity contribution < 1.29 is 28.2 Å². The quantitative estimate of drug-likeness (QED) is 0.452. The Balaban J connectivity index is 1.76. The maximum absolute atomic E-state index is 13.2. The number of phenolic OH excluding ortho intramolecular Hbond substituents is 1. The monoisotopic (exact) mass is 496 g/mol. The Morgan fingerprint density at radius 1 is 1.09 bits per heavy atom. The molecule has 0 spiro atoms. The molecule has 0 amide bonds. The molecule has 184 valence electrons. The van der Waals surface area contributed by atoms with Crippen molar-refractivity contribution in [2.75, 3.05) is 4.72 Å². The Bertz CT molecular complexity index is 1420. The number of hydrogen-bond donors (Lipinski definition) is 3. The fourth-order valence-corrected chi connectivity index (χ4v) is 5.87. The van der Waals surface area contributed by atoms with Crippen molar-refractivity contribution >= 4 is 27.5 Å². The van der Waals surface area contributed by atoms with Crippen LogP contribution in [0.2, 0.25) is 0 Å². The molecule has 0 unspecified atom stereocenters. The van der Waals surface area contributed by atoms with Gasteiger partial charge in [0.05, 0.1) is 10.6 Å². The van der Waals surface area contributed by atoms with E-state index in [2.05, 4.69) is 4.72 Å². The van der Waals surface area contributed by atoms with E-state index in [-0.39, 0.29) is 34.8 Å². The number of aliphatic carboxylic acids is 1. The Morgan fingerprint density at radius 3 is 2.40 bits per heavy atom. The van der Waals surface area contributed by atoms with Gasteiger partial charge in [-0.2, -0.15) is 0 Å². The Labute approximate surface area is 204 Å². The Kier molecular flexibility index (Phi) is 6.23. The minimum absolute atomic E-state index is 0.00341. The van der Waals surface area contributed by atoms with Crippen molar-refractivity contribution in [3.05, 3.63) is 76.6 Å². The van der Waals surface area contributed by atoms with Crippen LogP contribution in [-0.4, -0.2) is 35.0 Å². The number of hydrogen-bond acceptors (Lipinski definition) is 5. The molecule has 4 rings (SSSR count). The molecule has 8 nitrogen and oxygen atoms in total. The fourth-order valence-electron chi connectivity index (χ4n) is 4.77. The van der Waals surface area contributed by atoms with Gasteiger partial charge in [0, 0.05) is 29.8 Å². The van der Waals surface area contributed by atoms with Gasteiger partial charge in [0.15, 0.2) is 5.78 Å². The van der Waals surface area contributed by atoms with Gasteiger partial charge < -0.3 is 14.8 Å². The molecule has 0 radical (unpaired) electrons. The van der Waals surface area contributed by atoms with Crippen LogP contribution in [0.1, 0.15) is 53.1 Å². The number of carboxylic acid groups (broad SMARTS) is 1. The minimum atomic E-state index is -3.92. The number of carbonyl (C=O) groups excluding carboxylic acids is 1. The molecule has 1 aliphatic rings. The number of sulfonamides is 1. The summed E-state index contributed by atoms with van der Waals surface area (Å²) in [4.78, 5) is 24.8. The van der Waals surface area contributed by atoms with E-state index in [0.29, 0.717) is 35.3 Å². The molecule has 3 aromatic rings. The van der Waals surface area contributed by atoms with Crippen LogP contribution in [0, 0.1) is 12.3 Å². The molecule has 1 aromatic heterocycles. The van der Waals surface area contributed by atoms with E-state index < -0.39 is 16.0 Å². The molecule has 35 heavy (non-hydrogen) atoms. The van der Waals surface area contributed by atoms with Gasteiger partial charge in [0.1, 0.15) is 12.3 Å². The van der Waals surface area contributed by atoms with Crippen molar-refractivity contribution in [2.24, 2.45) is 5.41 Å². The molecule has 2 aromatic carbocycles. The zero-order valence-corrected chi connectivity index (χ0v) is 20.6. The first-order valence-electron chi connectivity index (χ1n) is 11.2. The highest BCUT2D eigenvalue weighted by molar-refractivity contribution is 7.92. The topological polar surface area (TPSA) is 126 Å². The second-order valence-electron chi connectivity index (χ2n) is 9.74. The van der Waals surface area contributed by atoms with Gasteiger partial charge in [-0.15, -0.1) is 0 Å². The summed E-state index contributed by atoms with van der Waals surface area (Å²) in [6.07, 6.45) is 1.21. The summed E-state index contributed by atoms with van der Waals surface area (Å²) in [5, 5.41) is 19.0. The Morgan fingerprint density at radius 2 is 1.74 bits per heavy atom. The lowest BCUT2D eigenvalue weighted by molar-refractivity contribution is -0.137. The molecule has 0 aliphatic heterocycles. The Hall–Kier alpha value is -3.59. The van der Waals surface area contributed by atoms with Crippen molar-refractivity contribution in [3.63, 3.8) is 0 Å². The number of Topliss-reactive ketones (excluding diaryl/α,β-unsaturated/α-hetero) is 1. The molecule has 0 saturated heterocycles. The van der Waals surface area contributed by atoms with Crippen LogP contribution in [0.25, 0.3) is 0 Å². The molecular formula is C26H28N2O6S.